The fourth-order valence-electron chi connectivity index (χ4n) is 2.52. The minimum Gasteiger partial charge on any atom is -0.383 e. The Balaban J connectivity index is 2.04. The van der Waals surface area contributed by atoms with E-state index in [1.165, 1.54) is 23.1 Å². The van der Waals surface area contributed by atoms with Crippen molar-refractivity contribution in [1.29, 1.82) is 0 Å². The maximum Gasteiger partial charge on any atom is 0.226 e. The first-order valence-corrected chi connectivity index (χ1v) is 8.32. The number of thiophene rings is 1. The third kappa shape index (κ3) is 3.11. The minimum absolute atomic E-state index is 0.605. The molecule has 0 aliphatic heterocycles. The lowest BCUT2D eigenvalue weighted by Gasteiger charge is -2.24. The van der Waals surface area contributed by atoms with Crippen LogP contribution in [0.15, 0.2) is 6.07 Å². The Bertz CT molecular complexity index is 623. The van der Waals surface area contributed by atoms with Crippen LogP contribution in [0.2, 0.25) is 0 Å². The third-order valence-electron chi connectivity index (χ3n) is 3.63. The second-order valence-electron chi connectivity index (χ2n) is 5.39. The molecule has 0 aromatic carbocycles. The topological polar surface area (TPSA) is 50.3 Å². The minimum atomic E-state index is 0.605. The van der Waals surface area contributed by atoms with Gasteiger partial charge in [-0.2, -0.15) is 4.98 Å². The second-order valence-corrected chi connectivity index (χ2v) is 6.63. The summed E-state index contributed by atoms with van der Waals surface area (Å²) in [6.45, 7) is 6.63. The lowest BCUT2D eigenvalue weighted by Crippen LogP contribution is -2.30. The van der Waals surface area contributed by atoms with E-state index in [4.69, 9.17) is 9.72 Å². The highest BCUT2D eigenvalue weighted by molar-refractivity contribution is 7.18. The number of hydrogen-bond acceptors (Lipinski definition) is 6. The summed E-state index contributed by atoms with van der Waals surface area (Å²) in [4.78, 5) is 14.1. The number of anilines is 2. The molecule has 0 unspecified atom stereocenters. The van der Waals surface area contributed by atoms with E-state index in [0.717, 1.165) is 36.3 Å². The molecule has 2 heterocycles. The molecule has 1 saturated carbocycles. The SMILES string of the molecule is CCNc1nc(N(CCOC)C2CC2)c2cc(C)sc2n1. The quantitative estimate of drug-likeness (QED) is 0.852. The molecule has 1 aliphatic carbocycles. The van der Waals surface area contributed by atoms with Crippen LogP contribution in [0.25, 0.3) is 10.2 Å². The first-order valence-electron chi connectivity index (χ1n) is 7.50. The lowest BCUT2D eigenvalue weighted by molar-refractivity contribution is 0.205. The van der Waals surface area contributed by atoms with Crippen LogP contribution < -0.4 is 10.2 Å². The molecule has 1 N–H and O–H groups in total. The van der Waals surface area contributed by atoms with Gasteiger partial charge in [0.05, 0.1) is 12.0 Å². The van der Waals surface area contributed by atoms with E-state index in [-0.39, 0.29) is 0 Å². The number of rotatable bonds is 7. The van der Waals surface area contributed by atoms with Crippen molar-refractivity contribution in [2.75, 3.05) is 37.0 Å². The molecule has 5 nitrogen and oxygen atoms in total. The molecule has 2 aromatic heterocycles. The van der Waals surface area contributed by atoms with Crippen molar-refractivity contribution in [1.82, 2.24) is 9.97 Å². The van der Waals surface area contributed by atoms with Crippen LogP contribution in [-0.4, -0.2) is 42.8 Å². The highest BCUT2D eigenvalue weighted by Crippen LogP contribution is 2.37. The van der Waals surface area contributed by atoms with Gasteiger partial charge in [-0.05, 0) is 32.8 Å². The van der Waals surface area contributed by atoms with Crippen LogP contribution in [0.4, 0.5) is 11.8 Å². The van der Waals surface area contributed by atoms with Gasteiger partial charge in [0.1, 0.15) is 10.6 Å². The Morgan fingerprint density at radius 1 is 1.43 bits per heavy atom. The number of ether oxygens (including phenoxy) is 1. The van der Waals surface area contributed by atoms with Crippen LogP contribution in [0, 0.1) is 6.92 Å². The number of fused-ring (bicyclic) bond motifs is 1. The first-order chi connectivity index (χ1) is 10.2. The largest absolute Gasteiger partial charge is 0.383 e. The molecule has 0 radical (unpaired) electrons. The molecule has 21 heavy (non-hydrogen) atoms. The van der Waals surface area contributed by atoms with Crippen molar-refractivity contribution in [3.05, 3.63) is 10.9 Å². The van der Waals surface area contributed by atoms with Crippen LogP contribution in [0.3, 0.4) is 0 Å². The highest BCUT2D eigenvalue weighted by atomic mass is 32.1. The van der Waals surface area contributed by atoms with E-state index in [2.05, 4.69) is 35.1 Å². The first kappa shape index (κ1) is 14.5. The molecule has 0 saturated heterocycles. The molecule has 6 heteroatoms. The molecular weight excluding hydrogens is 284 g/mol. The number of aromatic nitrogens is 2. The Labute approximate surface area is 129 Å². The monoisotopic (exact) mass is 306 g/mol. The van der Waals surface area contributed by atoms with Crippen LogP contribution in [0.1, 0.15) is 24.6 Å². The number of hydrogen-bond donors (Lipinski definition) is 1. The van der Waals surface area contributed by atoms with Crippen LogP contribution in [-0.2, 0) is 4.74 Å². The van der Waals surface area contributed by atoms with E-state index < -0.39 is 0 Å². The summed E-state index contributed by atoms with van der Waals surface area (Å²) >= 11 is 1.73. The van der Waals surface area contributed by atoms with E-state index in [9.17, 15) is 0 Å². The summed E-state index contributed by atoms with van der Waals surface area (Å²) in [6, 6.07) is 2.81. The fourth-order valence-corrected chi connectivity index (χ4v) is 3.39. The summed E-state index contributed by atoms with van der Waals surface area (Å²) in [6.07, 6.45) is 2.49. The summed E-state index contributed by atoms with van der Waals surface area (Å²) in [5.74, 6) is 1.78. The van der Waals surface area contributed by atoms with E-state index in [1.807, 2.05) is 0 Å². The van der Waals surface area contributed by atoms with Gasteiger partial charge in [0, 0.05) is 31.1 Å². The van der Waals surface area contributed by atoms with Gasteiger partial charge in [-0.15, -0.1) is 11.3 Å². The number of methoxy groups -OCH3 is 1. The standard InChI is InChI=1S/C15H22N4OS/c1-4-16-15-17-13(12-9-10(2)21-14(12)18-15)19(7-8-20-3)11-5-6-11/h9,11H,4-8H2,1-3H3,(H,16,17,18). The van der Waals surface area contributed by atoms with Gasteiger partial charge in [-0.3, -0.25) is 0 Å². The fraction of sp³-hybridized carbons (Fsp3) is 0.600. The second kappa shape index (κ2) is 6.15. The van der Waals surface area contributed by atoms with Gasteiger partial charge in [-0.25, -0.2) is 4.98 Å². The number of aryl methyl sites for hydroxylation is 1. The van der Waals surface area contributed by atoms with Crippen molar-refractivity contribution in [2.24, 2.45) is 0 Å². The van der Waals surface area contributed by atoms with Gasteiger partial charge < -0.3 is 15.0 Å². The molecule has 0 amide bonds. The molecule has 2 aromatic rings. The van der Waals surface area contributed by atoms with Gasteiger partial charge in [0.25, 0.3) is 0 Å². The zero-order valence-electron chi connectivity index (χ0n) is 12.8. The maximum atomic E-state index is 5.27. The van der Waals surface area contributed by atoms with Gasteiger partial charge in [-0.1, -0.05) is 0 Å². The average molecular weight is 306 g/mol. The Morgan fingerprint density at radius 2 is 2.24 bits per heavy atom. The smallest absolute Gasteiger partial charge is 0.226 e. The van der Waals surface area contributed by atoms with Gasteiger partial charge in [0.15, 0.2) is 0 Å². The average Bonchev–Trinajstić information content (AvgIpc) is 3.21. The molecule has 1 aliphatic rings. The Hall–Kier alpha value is -1.40. The van der Waals surface area contributed by atoms with Crippen molar-refractivity contribution in [3.63, 3.8) is 0 Å². The molecule has 0 bridgehead atoms. The number of nitrogens with zero attached hydrogens (tertiary/aromatic N) is 3. The summed E-state index contributed by atoms with van der Waals surface area (Å²) < 4.78 is 5.27. The normalized spacial score (nSPS) is 14.6. The summed E-state index contributed by atoms with van der Waals surface area (Å²) in [5.41, 5.74) is 0. The van der Waals surface area contributed by atoms with Crippen molar-refractivity contribution < 1.29 is 4.74 Å². The molecular formula is C15H22N4OS. The molecule has 3 rings (SSSR count). The maximum absolute atomic E-state index is 5.27. The third-order valence-corrected chi connectivity index (χ3v) is 4.57. The molecule has 1 fully saturated rings. The lowest BCUT2D eigenvalue weighted by atomic mass is 10.3. The van der Waals surface area contributed by atoms with Crippen molar-refractivity contribution in [2.45, 2.75) is 32.7 Å². The zero-order valence-corrected chi connectivity index (χ0v) is 13.7. The van der Waals surface area contributed by atoms with Gasteiger partial charge >= 0.3 is 0 Å². The van der Waals surface area contributed by atoms with Crippen molar-refractivity contribution >= 4 is 33.3 Å². The number of nitrogens with one attached hydrogen (secondary N) is 1. The molecule has 0 spiro atoms. The van der Waals surface area contributed by atoms with E-state index in [1.54, 1.807) is 18.4 Å². The van der Waals surface area contributed by atoms with E-state index >= 15 is 0 Å². The predicted molar refractivity (Wildman–Crippen MR) is 88.6 cm³/mol. The summed E-state index contributed by atoms with van der Waals surface area (Å²) in [5, 5.41) is 4.41. The molecule has 0 atom stereocenters. The van der Waals surface area contributed by atoms with Crippen LogP contribution >= 0.6 is 11.3 Å². The Morgan fingerprint density at radius 3 is 2.90 bits per heavy atom. The predicted octanol–water partition coefficient (Wildman–Crippen LogP) is 3.05. The van der Waals surface area contributed by atoms with E-state index in [0.29, 0.717) is 6.04 Å². The zero-order chi connectivity index (χ0) is 14.8. The highest BCUT2D eigenvalue weighted by Gasteiger charge is 2.31. The van der Waals surface area contributed by atoms with Crippen LogP contribution in [0.5, 0.6) is 0 Å². The van der Waals surface area contributed by atoms with Crippen molar-refractivity contribution in [3.8, 4) is 0 Å². The summed E-state index contributed by atoms with van der Waals surface area (Å²) in [7, 11) is 1.75. The Kier molecular flexibility index (Phi) is 4.26. The van der Waals surface area contributed by atoms with Gasteiger partial charge in [0.2, 0.25) is 5.95 Å². The molecule has 114 valence electrons.